The number of nitriles is 1. The molecule has 0 bridgehead atoms. The number of nitrogens with zero attached hydrogens (tertiary/aromatic N) is 4. The molecule has 1 saturated carbocycles. The molecule has 1 aliphatic carbocycles. The second kappa shape index (κ2) is 9.24. The predicted octanol–water partition coefficient (Wildman–Crippen LogP) is 6.78. The lowest BCUT2D eigenvalue weighted by atomic mass is 9.70. The van der Waals surface area contributed by atoms with Crippen LogP contribution in [0.25, 0.3) is 0 Å². The number of rotatable bonds is 3. The zero-order chi connectivity index (χ0) is 23.9. The Hall–Kier alpha value is -2.55. The minimum Gasteiger partial charge on any atom is -0.293 e. The number of benzene rings is 2. The molecule has 2 saturated heterocycles. The lowest BCUT2D eigenvalue weighted by Gasteiger charge is -2.41. The van der Waals surface area contributed by atoms with Gasteiger partial charge in [0.25, 0.3) is 0 Å². The van der Waals surface area contributed by atoms with E-state index in [9.17, 15) is 5.26 Å². The van der Waals surface area contributed by atoms with Crippen LogP contribution in [0.1, 0.15) is 67.2 Å². The van der Waals surface area contributed by atoms with Crippen LogP contribution in [0.15, 0.2) is 41.4 Å². The van der Waals surface area contributed by atoms with Gasteiger partial charge in [0.15, 0.2) is 0 Å². The molecule has 1 spiro atoms. The summed E-state index contributed by atoms with van der Waals surface area (Å²) in [4.78, 5) is 11.4. The Balaban J connectivity index is 1.73. The number of likely N-dealkylation sites (tertiary alicyclic amines) is 1. The van der Waals surface area contributed by atoms with Crippen LogP contribution in [-0.2, 0) is 0 Å². The van der Waals surface area contributed by atoms with E-state index < -0.39 is 0 Å². The highest BCUT2D eigenvalue weighted by molar-refractivity contribution is 7.80. The highest BCUT2D eigenvalue weighted by Crippen LogP contribution is 2.51. The van der Waals surface area contributed by atoms with Gasteiger partial charge in [-0.1, -0.05) is 49.2 Å². The highest BCUT2D eigenvalue weighted by Gasteiger charge is 2.57. The first-order valence-electron chi connectivity index (χ1n) is 12.7. The van der Waals surface area contributed by atoms with Crippen molar-refractivity contribution in [3.05, 3.63) is 58.7 Å². The SMILES string of the molecule is Cc1cc(C)c(N=C2C(N3CCCC3)C3(CCCCC3)C(=S)N2c2ccc(C#N)cc2)c(C)c1. The van der Waals surface area contributed by atoms with Crippen molar-refractivity contribution in [2.24, 2.45) is 10.4 Å². The minimum atomic E-state index is -0.0445. The van der Waals surface area contributed by atoms with Gasteiger partial charge < -0.3 is 0 Å². The van der Waals surface area contributed by atoms with Crippen molar-refractivity contribution < 1.29 is 0 Å². The smallest absolute Gasteiger partial charge is 0.133 e. The molecule has 0 amide bonds. The Labute approximate surface area is 209 Å². The standard InChI is InChI=1S/C29H34N4S/c1-20-17-21(2)25(22(3)18-20)31-27-26(32-15-7-8-16-32)29(13-5-4-6-14-29)28(34)33(27)24-11-9-23(19-30)10-12-24/h9-12,17-18,26H,4-8,13-16H2,1-3H3. The monoisotopic (exact) mass is 470 g/mol. The van der Waals surface area contributed by atoms with Crippen molar-refractivity contribution in [1.82, 2.24) is 4.90 Å². The second-order valence-corrected chi connectivity index (χ2v) is 10.8. The molecule has 1 atom stereocenters. The average Bonchev–Trinajstić information content (AvgIpc) is 3.43. The number of hydrogen-bond donors (Lipinski definition) is 0. The molecule has 3 aliphatic rings. The molecule has 4 nitrogen and oxygen atoms in total. The third-order valence-electron chi connectivity index (χ3n) is 7.99. The number of thiocarbonyl (C=S) groups is 1. The fourth-order valence-corrected chi connectivity index (χ4v) is 7.02. The van der Waals surface area contributed by atoms with Gasteiger partial charge in [-0.15, -0.1) is 0 Å². The third kappa shape index (κ3) is 3.87. The summed E-state index contributed by atoms with van der Waals surface area (Å²) in [7, 11) is 0. The summed E-state index contributed by atoms with van der Waals surface area (Å²) >= 11 is 6.36. The van der Waals surface area contributed by atoms with Crippen LogP contribution >= 0.6 is 12.2 Å². The zero-order valence-corrected chi connectivity index (χ0v) is 21.4. The van der Waals surface area contributed by atoms with E-state index in [1.807, 2.05) is 24.3 Å². The van der Waals surface area contributed by atoms with E-state index in [0.717, 1.165) is 48.1 Å². The lowest BCUT2D eigenvalue weighted by Crippen LogP contribution is -2.49. The Bertz CT molecular complexity index is 1140. The van der Waals surface area contributed by atoms with Gasteiger partial charge in [-0.3, -0.25) is 9.80 Å². The Kier molecular flexibility index (Phi) is 6.31. The number of hydrogen-bond acceptors (Lipinski definition) is 4. The molecule has 3 fully saturated rings. The number of aryl methyl sites for hydroxylation is 3. The Morgan fingerprint density at radius 1 is 0.941 bits per heavy atom. The van der Waals surface area contributed by atoms with Gasteiger partial charge in [0.2, 0.25) is 0 Å². The van der Waals surface area contributed by atoms with Gasteiger partial charge in [0.1, 0.15) is 5.84 Å². The van der Waals surface area contributed by atoms with Crippen molar-refractivity contribution in [2.45, 2.75) is 71.8 Å². The maximum atomic E-state index is 9.34. The number of amidine groups is 1. The minimum absolute atomic E-state index is 0.0445. The molecule has 176 valence electrons. The van der Waals surface area contributed by atoms with E-state index in [4.69, 9.17) is 17.2 Å². The fourth-order valence-electron chi connectivity index (χ4n) is 6.50. The summed E-state index contributed by atoms with van der Waals surface area (Å²) in [5.74, 6) is 1.08. The lowest BCUT2D eigenvalue weighted by molar-refractivity contribution is 0.155. The van der Waals surface area contributed by atoms with E-state index in [2.05, 4.69) is 48.8 Å². The molecule has 34 heavy (non-hydrogen) atoms. The molecule has 0 radical (unpaired) electrons. The van der Waals surface area contributed by atoms with E-state index in [-0.39, 0.29) is 11.5 Å². The van der Waals surface area contributed by atoms with Gasteiger partial charge in [0, 0.05) is 11.1 Å². The predicted molar refractivity (Wildman–Crippen MR) is 144 cm³/mol. The van der Waals surface area contributed by atoms with Crippen molar-refractivity contribution >= 4 is 34.4 Å². The summed E-state index contributed by atoms with van der Waals surface area (Å²) in [6, 6.07) is 14.8. The fraction of sp³-hybridized carbons (Fsp3) is 0.483. The molecule has 2 aromatic rings. The topological polar surface area (TPSA) is 42.6 Å². The van der Waals surface area contributed by atoms with Crippen LogP contribution < -0.4 is 4.90 Å². The summed E-state index contributed by atoms with van der Waals surface area (Å²) in [5, 5.41) is 9.34. The van der Waals surface area contributed by atoms with Crippen LogP contribution in [0.2, 0.25) is 0 Å². The van der Waals surface area contributed by atoms with E-state index in [1.165, 1.54) is 48.8 Å². The van der Waals surface area contributed by atoms with Crippen molar-refractivity contribution in [3.63, 3.8) is 0 Å². The van der Waals surface area contributed by atoms with Crippen LogP contribution in [0.5, 0.6) is 0 Å². The number of aliphatic imine (C=N–C) groups is 1. The van der Waals surface area contributed by atoms with Gasteiger partial charge in [-0.05, 0) is 94.9 Å². The Morgan fingerprint density at radius 3 is 2.15 bits per heavy atom. The van der Waals surface area contributed by atoms with E-state index in [0.29, 0.717) is 5.56 Å². The summed E-state index contributed by atoms with van der Waals surface area (Å²) in [5.41, 5.74) is 6.40. The first kappa shape index (κ1) is 23.2. The van der Waals surface area contributed by atoms with Crippen LogP contribution in [-0.4, -0.2) is 34.9 Å². The quantitative estimate of drug-likeness (QED) is 0.464. The van der Waals surface area contributed by atoms with Crippen molar-refractivity contribution in [1.29, 1.82) is 5.26 Å². The van der Waals surface area contributed by atoms with Gasteiger partial charge in [-0.2, -0.15) is 5.26 Å². The molecular weight excluding hydrogens is 436 g/mol. The normalized spacial score (nSPS) is 23.7. The maximum Gasteiger partial charge on any atom is 0.133 e. The molecule has 2 heterocycles. The van der Waals surface area contributed by atoms with Crippen molar-refractivity contribution in [2.75, 3.05) is 18.0 Å². The average molecular weight is 471 g/mol. The molecule has 0 aromatic heterocycles. The molecule has 2 aromatic carbocycles. The van der Waals surface area contributed by atoms with Crippen LogP contribution in [0, 0.1) is 37.5 Å². The largest absolute Gasteiger partial charge is 0.293 e. The van der Waals surface area contributed by atoms with E-state index >= 15 is 0 Å². The maximum absolute atomic E-state index is 9.34. The summed E-state index contributed by atoms with van der Waals surface area (Å²) in [6.45, 7) is 8.71. The van der Waals surface area contributed by atoms with Gasteiger partial charge in [0.05, 0.1) is 28.4 Å². The number of anilines is 1. The first-order chi connectivity index (χ1) is 16.4. The molecular formula is C29H34N4S. The van der Waals surface area contributed by atoms with Crippen molar-refractivity contribution in [3.8, 4) is 6.07 Å². The third-order valence-corrected chi connectivity index (χ3v) is 8.58. The molecule has 1 unspecified atom stereocenters. The van der Waals surface area contributed by atoms with Gasteiger partial charge in [-0.25, -0.2) is 4.99 Å². The van der Waals surface area contributed by atoms with E-state index in [1.54, 1.807) is 0 Å². The highest BCUT2D eigenvalue weighted by atomic mass is 32.1. The molecule has 2 aliphatic heterocycles. The van der Waals surface area contributed by atoms with Gasteiger partial charge >= 0.3 is 0 Å². The zero-order valence-electron chi connectivity index (χ0n) is 20.6. The van der Waals surface area contributed by atoms with Crippen LogP contribution in [0.4, 0.5) is 11.4 Å². The van der Waals surface area contributed by atoms with Crippen LogP contribution in [0.3, 0.4) is 0 Å². The second-order valence-electron chi connectivity index (χ2n) is 10.4. The molecule has 0 N–H and O–H groups in total. The Morgan fingerprint density at radius 2 is 1.56 bits per heavy atom. The summed E-state index contributed by atoms with van der Waals surface area (Å²) < 4.78 is 0. The molecule has 5 heteroatoms. The molecule has 5 rings (SSSR count). The summed E-state index contributed by atoms with van der Waals surface area (Å²) in [6.07, 6.45) is 8.48. The first-order valence-corrected chi connectivity index (χ1v) is 13.1.